The van der Waals surface area contributed by atoms with E-state index in [1.54, 1.807) is 0 Å². The predicted octanol–water partition coefficient (Wildman–Crippen LogP) is 3.43. The smallest absolute Gasteiger partial charge is 0.158 e. The van der Waals surface area contributed by atoms with Crippen molar-refractivity contribution >= 4 is 0 Å². The molecule has 2 fully saturated rings. The molecule has 2 rings (SSSR count). The highest BCUT2D eigenvalue weighted by atomic mass is 16.7. The molecule has 0 aliphatic carbocycles. The molecule has 5 nitrogen and oxygen atoms in total. The maximum absolute atomic E-state index is 8.44. The number of hydrogen-bond acceptors (Lipinski definition) is 5. The molecule has 2 aliphatic heterocycles. The summed E-state index contributed by atoms with van der Waals surface area (Å²) in [4.78, 5) is 0. The summed E-state index contributed by atoms with van der Waals surface area (Å²) in [5.74, 6) is 0.501. The topological polar surface area (TPSA) is 68.2 Å². The van der Waals surface area contributed by atoms with E-state index in [1.807, 2.05) is 20.8 Å². The van der Waals surface area contributed by atoms with E-state index in [4.69, 9.17) is 24.4 Å². The van der Waals surface area contributed by atoms with Crippen LogP contribution < -0.4 is 0 Å². The monoisotopic (exact) mass is 384 g/mol. The molecule has 0 saturated carbocycles. The van der Waals surface area contributed by atoms with Crippen molar-refractivity contribution in [2.75, 3.05) is 13.2 Å². The van der Waals surface area contributed by atoms with Crippen molar-refractivity contribution in [3.8, 4) is 25.7 Å². The Morgan fingerprint density at radius 3 is 1.78 bits per heavy atom. The maximum Gasteiger partial charge on any atom is 0.158 e. The lowest BCUT2D eigenvalue weighted by Gasteiger charge is -2.36. The van der Waals surface area contributed by atoms with E-state index in [-0.39, 0.29) is 29.3 Å². The lowest BCUT2D eigenvalue weighted by atomic mass is 9.91. The summed E-state index contributed by atoms with van der Waals surface area (Å²) >= 11 is 0. The zero-order chi connectivity index (χ0) is 21.8. The molecule has 0 radical (unpaired) electrons. The summed E-state index contributed by atoms with van der Waals surface area (Å²) in [7, 11) is 0. The predicted molar refractivity (Wildman–Crippen MR) is 110 cm³/mol. The molecule has 2 aliphatic rings. The van der Waals surface area contributed by atoms with Gasteiger partial charge in [-0.2, -0.15) is 0 Å². The lowest BCUT2D eigenvalue weighted by Crippen LogP contribution is -2.44. The highest BCUT2D eigenvalue weighted by molar-refractivity contribution is 4.85. The van der Waals surface area contributed by atoms with E-state index in [0.717, 1.165) is 13.0 Å². The minimum atomic E-state index is -1.16. The van der Waals surface area contributed by atoms with E-state index in [1.165, 1.54) is 0 Å². The van der Waals surface area contributed by atoms with E-state index >= 15 is 0 Å². The minimum Gasteiger partial charge on any atom is -0.373 e. The molecule has 5 heteroatoms. The average molecular weight is 385 g/mol. The molecular weight excluding hydrogens is 344 g/mol. The molecule has 0 bridgehead atoms. The van der Waals surface area contributed by atoms with Gasteiger partial charge in [-0.3, -0.25) is 0 Å². The van der Waals surface area contributed by atoms with Crippen LogP contribution in [0.3, 0.4) is 0 Å². The van der Waals surface area contributed by atoms with Crippen LogP contribution in [0.25, 0.3) is 0 Å². The third-order valence-corrected chi connectivity index (χ3v) is 3.83. The molecule has 1 unspecified atom stereocenters. The summed E-state index contributed by atoms with van der Waals surface area (Å²) in [6.45, 7) is 16.2. The molecule has 158 valence electrons. The SMILES string of the molecule is C#C.C#C.CC(C)(C)CC(O)O.C[C@H]1CO[C@@H]2COC(CC(C)(C)C)O[C@H]12. The standard InChI is InChI=1S/C12H22O3.C6H14O2.2C2H2/c1-8-6-13-9-7-14-10(15-11(8)9)5-12(2,3)4;1-6(2,3)4-5(7)8;2*1-2/h8-11H,5-7H2,1-4H3;5,7-8H,4H2,1-3H3;2*1-2H/t8-,9+,10?,11+;;;/m0.../s1. The second-order valence-corrected chi connectivity index (χ2v) is 9.22. The molecule has 0 amide bonds. The van der Waals surface area contributed by atoms with Crippen LogP contribution >= 0.6 is 0 Å². The fourth-order valence-electron chi connectivity index (χ4n) is 2.77. The number of terminal acetylenes is 2. The van der Waals surface area contributed by atoms with Crippen molar-refractivity contribution in [1.29, 1.82) is 0 Å². The zero-order valence-corrected chi connectivity index (χ0v) is 18.1. The number of ether oxygens (including phenoxy) is 3. The van der Waals surface area contributed by atoms with Gasteiger partial charge in [0.15, 0.2) is 12.6 Å². The van der Waals surface area contributed by atoms with Crippen molar-refractivity contribution in [2.24, 2.45) is 16.7 Å². The first kappa shape index (κ1) is 28.1. The largest absolute Gasteiger partial charge is 0.373 e. The highest BCUT2D eigenvalue weighted by Gasteiger charge is 2.41. The van der Waals surface area contributed by atoms with Crippen LogP contribution in [0.5, 0.6) is 0 Å². The second kappa shape index (κ2) is 13.2. The summed E-state index contributed by atoms with van der Waals surface area (Å²) in [5, 5.41) is 16.9. The second-order valence-electron chi connectivity index (χ2n) is 9.22. The molecule has 2 heterocycles. The molecule has 0 aromatic carbocycles. The van der Waals surface area contributed by atoms with Gasteiger partial charge in [0.1, 0.15) is 6.10 Å². The molecular formula is C22H40O5. The van der Waals surface area contributed by atoms with Gasteiger partial charge in [0.25, 0.3) is 0 Å². The number of rotatable bonds is 2. The Kier molecular flexibility index (Phi) is 13.7. The summed E-state index contributed by atoms with van der Waals surface area (Å²) in [5.41, 5.74) is 0.272. The Labute approximate surface area is 166 Å². The van der Waals surface area contributed by atoms with Gasteiger partial charge in [0.2, 0.25) is 0 Å². The van der Waals surface area contributed by atoms with Gasteiger partial charge in [-0.05, 0) is 10.8 Å². The van der Waals surface area contributed by atoms with Gasteiger partial charge in [0.05, 0.1) is 19.3 Å². The number of hydrogen-bond donors (Lipinski definition) is 2. The van der Waals surface area contributed by atoms with Crippen LogP contribution in [0.1, 0.15) is 61.3 Å². The van der Waals surface area contributed by atoms with Crippen molar-refractivity contribution in [3.63, 3.8) is 0 Å². The molecule has 2 N–H and O–H groups in total. The first-order valence-electron chi connectivity index (χ1n) is 9.29. The van der Waals surface area contributed by atoms with Crippen LogP contribution in [-0.4, -0.2) is 48.2 Å². The van der Waals surface area contributed by atoms with E-state index < -0.39 is 6.29 Å². The lowest BCUT2D eigenvalue weighted by molar-refractivity contribution is -0.251. The fourth-order valence-corrected chi connectivity index (χ4v) is 2.77. The van der Waals surface area contributed by atoms with E-state index in [0.29, 0.717) is 18.9 Å². The first-order chi connectivity index (χ1) is 12.4. The van der Waals surface area contributed by atoms with Gasteiger partial charge >= 0.3 is 0 Å². The Morgan fingerprint density at radius 2 is 1.41 bits per heavy atom. The summed E-state index contributed by atoms with van der Waals surface area (Å²) < 4.78 is 17.2. The van der Waals surface area contributed by atoms with Crippen molar-refractivity contribution in [2.45, 2.75) is 86.1 Å². The number of aliphatic hydroxyl groups is 2. The third-order valence-electron chi connectivity index (χ3n) is 3.83. The van der Waals surface area contributed by atoms with Gasteiger partial charge in [-0.15, -0.1) is 25.7 Å². The number of fused-ring (bicyclic) bond motifs is 1. The maximum atomic E-state index is 8.44. The van der Waals surface area contributed by atoms with Crippen molar-refractivity contribution in [1.82, 2.24) is 0 Å². The van der Waals surface area contributed by atoms with Crippen LogP contribution in [0, 0.1) is 42.4 Å². The quantitative estimate of drug-likeness (QED) is 0.564. The molecule has 0 spiro atoms. The van der Waals surface area contributed by atoms with Gasteiger partial charge in [-0.25, -0.2) is 0 Å². The van der Waals surface area contributed by atoms with Crippen LogP contribution in [0.4, 0.5) is 0 Å². The molecule has 2 saturated heterocycles. The van der Waals surface area contributed by atoms with Crippen LogP contribution in [-0.2, 0) is 14.2 Å². The third kappa shape index (κ3) is 13.7. The normalized spacial score (nSPS) is 27.0. The van der Waals surface area contributed by atoms with E-state index in [9.17, 15) is 0 Å². The van der Waals surface area contributed by atoms with Crippen molar-refractivity contribution < 1.29 is 24.4 Å². The minimum absolute atomic E-state index is 0.0220. The fraction of sp³-hybridized carbons (Fsp3) is 0.818. The Balaban J connectivity index is 0. The summed E-state index contributed by atoms with van der Waals surface area (Å²) in [6.07, 6.45) is 16.6. The molecule has 0 aromatic rings. The van der Waals surface area contributed by atoms with Gasteiger partial charge < -0.3 is 24.4 Å². The Hall–Kier alpha value is -1.08. The molecule has 4 atom stereocenters. The van der Waals surface area contributed by atoms with Crippen LogP contribution in [0.2, 0.25) is 0 Å². The Bertz CT molecular complexity index is 408. The van der Waals surface area contributed by atoms with Crippen LogP contribution in [0.15, 0.2) is 0 Å². The molecule has 27 heavy (non-hydrogen) atoms. The average Bonchev–Trinajstić information content (AvgIpc) is 2.89. The number of aliphatic hydroxyl groups excluding tert-OH is 1. The molecule has 0 aromatic heterocycles. The zero-order valence-electron chi connectivity index (χ0n) is 18.1. The van der Waals surface area contributed by atoms with Gasteiger partial charge in [0, 0.05) is 18.8 Å². The summed E-state index contributed by atoms with van der Waals surface area (Å²) in [6, 6.07) is 0. The van der Waals surface area contributed by atoms with Gasteiger partial charge in [-0.1, -0.05) is 48.5 Å². The first-order valence-corrected chi connectivity index (χ1v) is 9.29. The van der Waals surface area contributed by atoms with E-state index in [2.05, 4.69) is 53.4 Å². The van der Waals surface area contributed by atoms with Crippen molar-refractivity contribution in [3.05, 3.63) is 0 Å². The highest BCUT2D eigenvalue weighted by Crippen LogP contribution is 2.32. The Morgan fingerprint density at radius 1 is 0.889 bits per heavy atom.